The summed E-state index contributed by atoms with van der Waals surface area (Å²) in [6, 6.07) is -0.306. The summed E-state index contributed by atoms with van der Waals surface area (Å²) < 4.78 is 4.47. The Bertz CT molecular complexity index is 142. The summed E-state index contributed by atoms with van der Waals surface area (Å²) >= 11 is 0. The molecule has 66 valence electrons. The number of carbonyl (C=O) groups is 1. The van der Waals surface area contributed by atoms with Gasteiger partial charge in [0.05, 0.1) is 13.2 Å². The summed E-state index contributed by atoms with van der Waals surface area (Å²) in [5, 5.41) is 11.8. The molecule has 1 unspecified atom stereocenters. The van der Waals surface area contributed by atoms with Gasteiger partial charge >= 0.3 is 5.97 Å². The lowest BCUT2D eigenvalue weighted by Gasteiger charge is -2.05. The maximum Gasteiger partial charge on any atom is 0.322 e. The number of ether oxygens (including phenoxy) is 1. The van der Waals surface area contributed by atoms with Crippen LogP contribution in [0.2, 0.25) is 0 Å². The molecule has 0 bridgehead atoms. The summed E-state index contributed by atoms with van der Waals surface area (Å²) in [6.07, 6.45) is 0.0660. The van der Waals surface area contributed by atoms with Crippen LogP contribution in [0.25, 0.3) is 0 Å². The Morgan fingerprint density at radius 1 is 1.73 bits per heavy atom. The molecule has 1 rings (SSSR count). The second kappa shape index (κ2) is 4.54. The van der Waals surface area contributed by atoms with Crippen LogP contribution in [0.3, 0.4) is 0 Å². The first-order chi connectivity index (χ1) is 4.74. The number of esters is 1. The standard InChI is InChI=1S/C6H11NO3.ClH/c1-10-6(9)5-2-4(8)3-7-5;/h4-5,7-8H,2-3H2,1H3;1H/t4-,5?;/m1./s1. The number of aliphatic hydroxyl groups excluding tert-OH is 1. The lowest BCUT2D eigenvalue weighted by atomic mass is 10.2. The van der Waals surface area contributed by atoms with Crippen LogP contribution in [0.15, 0.2) is 0 Å². The molecule has 11 heavy (non-hydrogen) atoms. The summed E-state index contributed by atoms with van der Waals surface area (Å²) in [4.78, 5) is 10.8. The van der Waals surface area contributed by atoms with Crippen LogP contribution in [-0.2, 0) is 9.53 Å². The van der Waals surface area contributed by atoms with E-state index in [2.05, 4.69) is 10.1 Å². The first kappa shape index (κ1) is 10.7. The summed E-state index contributed by atoms with van der Waals surface area (Å²) in [5.74, 6) is -0.295. The third kappa shape index (κ3) is 2.65. The van der Waals surface area contributed by atoms with E-state index in [4.69, 9.17) is 5.11 Å². The van der Waals surface area contributed by atoms with Gasteiger partial charge in [-0.25, -0.2) is 0 Å². The van der Waals surface area contributed by atoms with Crippen molar-refractivity contribution in [3.8, 4) is 0 Å². The number of hydrogen-bond donors (Lipinski definition) is 2. The Kier molecular flexibility index (Phi) is 4.40. The van der Waals surface area contributed by atoms with Gasteiger partial charge in [-0.15, -0.1) is 12.4 Å². The highest BCUT2D eigenvalue weighted by Crippen LogP contribution is 2.06. The van der Waals surface area contributed by atoms with E-state index in [1.807, 2.05) is 0 Å². The van der Waals surface area contributed by atoms with Crippen LogP contribution in [0, 0.1) is 0 Å². The molecule has 1 aliphatic heterocycles. The Morgan fingerprint density at radius 2 is 2.36 bits per heavy atom. The molecule has 1 heterocycles. The van der Waals surface area contributed by atoms with Crippen LogP contribution in [0.1, 0.15) is 6.42 Å². The maximum atomic E-state index is 10.8. The molecule has 0 aromatic heterocycles. The van der Waals surface area contributed by atoms with E-state index >= 15 is 0 Å². The van der Waals surface area contributed by atoms with Gasteiger partial charge in [-0.1, -0.05) is 0 Å². The Labute approximate surface area is 71.3 Å². The van der Waals surface area contributed by atoms with E-state index in [9.17, 15) is 4.79 Å². The maximum absolute atomic E-state index is 10.8. The minimum absolute atomic E-state index is 0. The largest absolute Gasteiger partial charge is 0.468 e. The number of nitrogens with one attached hydrogen (secondary N) is 1. The minimum atomic E-state index is -0.399. The number of methoxy groups -OCH3 is 1. The van der Waals surface area contributed by atoms with Crippen molar-refractivity contribution in [3.63, 3.8) is 0 Å². The average Bonchev–Trinajstić information content (AvgIpc) is 2.34. The third-order valence-electron chi connectivity index (χ3n) is 1.59. The van der Waals surface area contributed by atoms with E-state index in [0.29, 0.717) is 13.0 Å². The van der Waals surface area contributed by atoms with Crippen molar-refractivity contribution in [2.45, 2.75) is 18.6 Å². The van der Waals surface area contributed by atoms with Crippen LogP contribution < -0.4 is 5.32 Å². The van der Waals surface area contributed by atoms with Crippen molar-refractivity contribution in [2.75, 3.05) is 13.7 Å². The number of rotatable bonds is 1. The van der Waals surface area contributed by atoms with Crippen LogP contribution in [-0.4, -0.2) is 36.9 Å². The number of β-amino-alcohol motifs (C(OH)–C–C–N with tert-alkyl or cyclic N) is 1. The molecule has 2 atom stereocenters. The van der Waals surface area contributed by atoms with Crippen molar-refractivity contribution in [2.24, 2.45) is 0 Å². The van der Waals surface area contributed by atoms with Gasteiger partial charge in [-0.05, 0) is 0 Å². The summed E-state index contributed by atoms with van der Waals surface area (Å²) in [5.41, 5.74) is 0. The fourth-order valence-electron chi connectivity index (χ4n) is 1.04. The number of halogens is 1. The monoisotopic (exact) mass is 181 g/mol. The summed E-state index contributed by atoms with van der Waals surface area (Å²) in [7, 11) is 1.34. The van der Waals surface area contributed by atoms with E-state index in [-0.39, 0.29) is 24.4 Å². The predicted molar refractivity (Wildman–Crippen MR) is 41.7 cm³/mol. The first-order valence-electron chi connectivity index (χ1n) is 3.23. The van der Waals surface area contributed by atoms with Gasteiger partial charge in [0, 0.05) is 13.0 Å². The Hall–Kier alpha value is -0.320. The zero-order chi connectivity index (χ0) is 7.56. The first-order valence-corrected chi connectivity index (χ1v) is 3.23. The SMILES string of the molecule is COC(=O)C1C[C@@H](O)CN1.Cl. The quantitative estimate of drug-likeness (QED) is 0.526. The number of hydrogen-bond acceptors (Lipinski definition) is 4. The van der Waals surface area contributed by atoms with Crippen molar-refractivity contribution >= 4 is 18.4 Å². The highest BCUT2D eigenvalue weighted by Gasteiger charge is 2.28. The van der Waals surface area contributed by atoms with Crippen LogP contribution >= 0.6 is 12.4 Å². The molecule has 0 spiro atoms. The van der Waals surface area contributed by atoms with Gasteiger partial charge in [0.25, 0.3) is 0 Å². The zero-order valence-electron chi connectivity index (χ0n) is 6.24. The van der Waals surface area contributed by atoms with Gasteiger partial charge in [-0.3, -0.25) is 4.79 Å². The van der Waals surface area contributed by atoms with Gasteiger partial charge in [-0.2, -0.15) is 0 Å². The van der Waals surface area contributed by atoms with Crippen LogP contribution in [0.5, 0.6) is 0 Å². The van der Waals surface area contributed by atoms with E-state index < -0.39 is 6.10 Å². The van der Waals surface area contributed by atoms with E-state index in [0.717, 1.165) is 0 Å². The lowest BCUT2D eigenvalue weighted by Crippen LogP contribution is -2.31. The average molecular weight is 182 g/mol. The van der Waals surface area contributed by atoms with E-state index in [1.165, 1.54) is 7.11 Å². The fraction of sp³-hybridized carbons (Fsp3) is 0.833. The van der Waals surface area contributed by atoms with Crippen molar-refractivity contribution < 1.29 is 14.6 Å². The predicted octanol–water partition coefficient (Wildman–Crippen LogP) is -0.696. The van der Waals surface area contributed by atoms with Crippen molar-refractivity contribution in [1.82, 2.24) is 5.32 Å². The zero-order valence-corrected chi connectivity index (χ0v) is 7.06. The smallest absolute Gasteiger partial charge is 0.322 e. The molecule has 0 saturated carbocycles. The molecule has 2 N–H and O–H groups in total. The Morgan fingerprint density at radius 3 is 2.73 bits per heavy atom. The molecule has 1 fully saturated rings. The molecule has 1 saturated heterocycles. The second-order valence-corrected chi connectivity index (χ2v) is 2.37. The molecular formula is C6H12ClNO3. The highest BCUT2D eigenvalue weighted by atomic mass is 35.5. The van der Waals surface area contributed by atoms with Crippen molar-refractivity contribution in [3.05, 3.63) is 0 Å². The fourth-order valence-corrected chi connectivity index (χ4v) is 1.04. The minimum Gasteiger partial charge on any atom is -0.468 e. The molecule has 1 aliphatic rings. The molecule has 5 heteroatoms. The molecule has 4 nitrogen and oxygen atoms in total. The number of carbonyl (C=O) groups excluding carboxylic acids is 1. The topological polar surface area (TPSA) is 58.6 Å². The van der Waals surface area contributed by atoms with Gasteiger partial charge in [0.1, 0.15) is 6.04 Å². The van der Waals surface area contributed by atoms with Gasteiger partial charge < -0.3 is 15.2 Å². The van der Waals surface area contributed by atoms with E-state index in [1.54, 1.807) is 0 Å². The van der Waals surface area contributed by atoms with Crippen molar-refractivity contribution in [1.29, 1.82) is 0 Å². The third-order valence-corrected chi connectivity index (χ3v) is 1.59. The van der Waals surface area contributed by atoms with Gasteiger partial charge in [0.2, 0.25) is 0 Å². The second-order valence-electron chi connectivity index (χ2n) is 2.37. The molecule has 0 aromatic rings. The molecule has 0 radical (unpaired) electrons. The molecule has 0 aromatic carbocycles. The van der Waals surface area contributed by atoms with Gasteiger partial charge in [0.15, 0.2) is 0 Å². The highest BCUT2D eigenvalue weighted by molar-refractivity contribution is 5.85. The normalized spacial score (nSPS) is 29.3. The Balaban J connectivity index is 0.000001000. The summed E-state index contributed by atoms with van der Waals surface area (Å²) in [6.45, 7) is 0.486. The molecular weight excluding hydrogens is 170 g/mol. The lowest BCUT2D eigenvalue weighted by molar-refractivity contribution is -0.142. The van der Waals surface area contributed by atoms with Crippen LogP contribution in [0.4, 0.5) is 0 Å². The molecule has 0 amide bonds. The number of aliphatic hydroxyl groups is 1. The molecule has 0 aliphatic carbocycles.